The summed E-state index contributed by atoms with van der Waals surface area (Å²) in [5.74, 6) is -0.0132. The molecule has 0 fully saturated rings. The number of nitrogens with zero attached hydrogens (tertiary/aromatic N) is 1. The summed E-state index contributed by atoms with van der Waals surface area (Å²) >= 11 is 0. The first-order valence-electron chi connectivity index (χ1n) is 8.52. The molecule has 0 aliphatic carbocycles. The van der Waals surface area contributed by atoms with Crippen LogP contribution in [0.5, 0.6) is 5.75 Å². The van der Waals surface area contributed by atoms with Gasteiger partial charge in [-0.05, 0) is 36.6 Å². The van der Waals surface area contributed by atoms with Crippen LogP contribution in [0.25, 0.3) is 0 Å². The first-order chi connectivity index (χ1) is 12.1. The van der Waals surface area contributed by atoms with Crippen LogP contribution < -0.4 is 15.4 Å². The maximum atomic E-state index is 13.2. The van der Waals surface area contributed by atoms with Gasteiger partial charge in [-0.15, -0.1) is 0 Å². The number of hydrogen-bond acceptors (Lipinski definition) is 3. The van der Waals surface area contributed by atoms with Gasteiger partial charge in [-0.3, -0.25) is 9.59 Å². The van der Waals surface area contributed by atoms with Crippen molar-refractivity contribution in [1.82, 2.24) is 0 Å². The Morgan fingerprint density at radius 2 is 1.84 bits per heavy atom. The summed E-state index contributed by atoms with van der Waals surface area (Å²) in [6, 6.07) is 15.1. The quantitative estimate of drug-likeness (QED) is 0.915. The lowest BCUT2D eigenvalue weighted by molar-refractivity contribution is -0.126. The van der Waals surface area contributed by atoms with Crippen LogP contribution in [-0.4, -0.2) is 24.0 Å². The molecule has 2 heterocycles. The molecule has 0 spiro atoms. The maximum Gasteiger partial charge on any atom is 0.268 e. The number of hydrogen-bond donors (Lipinski definition) is 1. The minimum absolute atomic E-state index is 0.0703. The Morgan fingerprint density at radius 3 is 2.60 bits per heavy atom. The zero-order chi connectivity index (χ0) is 17.6. The Labute approximate surface area is 146 Å². The van der Waals surface area contributed by atoms with Gasteiger partial charge in [-0.2, -0.15) is 0 Å². The van der Waals surface area contributed by atoms with Crippen LogP contribution in [0, 0.1) is 0 Å². The number of anilines is 1. The predicted molar refractivity (Wildman–Crippen MR) is 94.5 cm³/mol. The molecule has 0 saturated carbocycles. The number of carbonyl (C=O) groups is 2. The van der Waals surface area contributed by atoms with E-state index in [2.05, 4.69) is 0 Å². The molecule has 2 amide bonds. The van der Waals surface area contributed by atoms with E-state index in [1.54, 1.807) is 4.90 Å². The Hall–Kier alpha value is -2.82. The molecule has 5 nitrogen and oxygen atoms in total. The lowest BCUT2D eigenvalue weighted by Gasteiger charge is -2.39. The van der Waals surface area contributed by atoms with Crippen molar-refractivity contribution in [2.45, 2.75) is 37.8 Å². The lowest BCUT2D eigenvalue weighted by Crippen LogP contribution is -2.50. The molecule has 0 aromatic heterocycles. The van der Waals surface area contributed by atoms with Crippen LogP contribution >= 0.6 is 0 Å². The molecule has 2 aromatic carbocycles. The minimum Gasteiger partial charge on any atom is -0.480 e. The molecular formula is C20H20N2O3. The second-order valence-electron chi connectivity index (χ2n) is 6.73. The summed E-state index contributed by atoms with van der Waals surface area (Å²) in [6.45, 7) is 1.95. The second-order valence-corrected chi connectivity index (χ2v) is 6.73. The molecule has 2 aromatic rings. The summed E-state index contributed by atoms with van der Waals surface area (Å²) in [5, 5.41) is 0. The van der Waals surface area contributed by atoms with Crippen molar-refractivity contribution < 1.29 is 14.3 Å². The second kappa shape index (κ2) is 5.92. The fourth-order valence-corrected chi connectivity index (χ4v) is 3.89. The highest BCUT2D eigenvalue weighted by Gasteiger charge is 2.40. The average molecular weight is 336 g/mol. The Bertz CT molecular complexity index is 823. The number of para-hydroxylation sites is 2. The summed E-state index contributed by atoms with van der Waals surface area (Å²) in [6.07, 6.45) is 0.565. The topological polar surface area (TPSA) is 72.6 Å². The van der Waals surface area contributed by atoms with E-state index in [4.69, 9.17) is 10.5 Å². The van der Waals surface area contributed by atoms with Crippen LogP contribution in [0.1, 0.15) is 30.4 Å². The monoisotopic (exact) mass is 336 g/mol. The first kappa shape index (κ1) is 15.7. The number of carbonyl (C=O) groups excluding carboxylic acids is 2. The van der Waals surface area contributed by atoms with E-state index < -0.39 is 6.10 Å². The van der Waals surface area contributed by atoms with Crippen LogP contribution in [-0.2, 0) is 16.0 Å². The molecule has 3 atom stereocenters. The van der Waals surface area contributed by atoms with Gasteiger partial charge in [0.05, 0.1) is 5.92 Å². The molecule has 0 radical (unpaired) electrons. The Morgan fingerprint density at radius 1 is 1.12 bits per heavy atom. The lowest BCUT2D eigenvalue weighted by atomic mass is 9.85. The van der Waals surface area contributed by atoms with Gasteiger partial charge in [-0.1, -0.05) is 36.4 Å². The van der Waals surface area contributed by atoms with E-state index >= 15 is 0 Å². The van der Waals surface area contributed by atoms with Crippen molar-refractivity contribution in [2.75, 3.05) is 4.90 Å². The van der Waals surface area contributed by atoms with Gasteiger partial charge >= 0.3 is 0 Å². The van der Waals surface area contributed by atoms with Gasteiger partial charge in [0.1, 0.15) is 5.75 Å². The smallest absolute Gasteiger partial charge is 0.268 e. The van der Waals surface area contributed by atoms with Crippen molar-refractivity contribution in [3.8, 4) is 5.75 Å². The third-order valence-corrected chi connectivity index (χ3v) is 5.09. The number of primary amides is 1. The molecule has 0 saturated heterocycles. The number of rotatable bonds is 2. The summed E-state index contributed by atoms with van der Waals surface area (Å²) < 4.78 is 5.88. The van der Waals surface area contributed by atoms with E-state index in [9.17, 15) is 9.59 Å². The molecular weight excluding hydrogens is 316 g/mol. The average Bonchev–Trinajstić information content (AvgIpc) is 3.04. The van der Waals surface area contributed by atoms with Crippen molar-refractivity contribution >= 4 is 17.5 Å². The van der Waals surface area contributed by atoms with Crippen LogP contribution in [0.2, 0.25) is 0 Å². The molecule has 128 valence electrons. The van der Waals surface area contributed by atoms with Gasteiger partial charge in [0.25, 0.3) is 5.91 Å². The summed E-state index contributed by atoms with van der Waals surface area (Å²) in [4.78, 5) is 26.8. The largest absolute Gasteiger partial charge is 0.480 e. The van der Waals surface area contributed by atoms with E-state index in [1.807, 2.05) is 55.5 Å². The van der Waals surface area contributed by atoms with Gasteiger partial charge < -0.3 is 15.4 Å². The Balaban J connectivity index is 1.67. The van der Waals surface area contributed by atoms with Crippen molar-refractivity contribution in [3.63, 3.8) is 0 Å². The van der Waals surface area contributed by atoms with Gasteiger partial charge in [-0.25, -0.2) is 0 Å². The van der Waals surface area contributed by atoms with Crippen LogP contribution in [0.15, 0.2) is 48.5 Å². The van der Waals surface area contributed by atoms with Gasteiger partial charge in [0, 0.05) is 18.2 Å². The summed E-state index contributed by atoms with van der Waals surface area (Å²) in [7, 11) is 0. The summed E-state index contributed by atoms with van der Waals surface area (Å²) in [5.41, 5.74) is 8.20. The molecule has 4 rings (SSSR count). The highest BCUT2D eigenvalue weighted by Crippen LogP contribution is 2.39. The number of amides is 2. The molecule has 0 bridgehead atoms. The van der Waals surface area contributed by atoms with Crippen molar-refractivity contribution in [3.05, 3.63) is 59.7 Å². The SMILES string of the molecule is C[C@@H]1C[C@@H](C(N)=O)c2ccccc2N1C(=O)[C@@H]1Cc2ccccc2O1. The van der Waals surface area contributed by atoms with Gasteiger partial charge in [0.15, 0.2) is 6.10 Å². The van der Waals surface area contributed by atoms with Crippen LogP contribution in [0.3, 0.4) is 0 Å². The highest BCUT2D eigenvalue weighted by molar-refractivity contribution is 6.00. The van der Waals surface area contributed by atoms with Crippen molar-refractivity contribution in [1.29, 1.82) is 0 Å². The molecule has 0 unspecified atom stereocenters. The standard InChI is InChI=1S/C20H20N2O3/c1-12-10-15(19(21)23)14-7-3-4-8-16(14)22(12)20(24)18-11-13-6-2-5-9-17(13)25-18/h2-9,12,15,18H,10-11H2,1H3,(H2,21,23)/t12-,15-,18+/m1/s1. The number of benzene rings is 2. The van der Waals surface area contributed by atoms with Crippen molar-refractivity contribution in [2.24, 2.45) is 5.73 Å². The molecule has 25 heavy (non-hydrogen) atoms. The number of fused-ring (bicyclic) bond motifs is 2. The number of nitrogens with two attached hydrogens (primary N) is 1. The fraction of sp³-hybridized carbons (Fsp3) is 0.300. The Kier molecular flexibility index (Phi) is 3.71. The minimum atomic E-state index is -0.530. The van der Waals surface area contributed by atoms with Crippen LogP contribution in [0.4, 0.5) is 5.69 Å². The molecule has 2 aliphatic rings. The molecule has 5 heteroatoms. The molecule has 2 N–H and O–H groups in total. The van der Waals surface area contributed by atoms with E-state index in [0.717, 1.165) is 22.6 Å². The first-order valence-corrected chi connectivity index (χ1v) is 8.52. The molecule has 2 aliphatic heterocycles. The van der Waals surface area contributed by atoms with Gasteiger partial charge in [0.2, 0.25) is 5.91 Å². The van der Waals surface area contributed by atoms with E-state index in [-0.39, 0.29) is 23.8 Å². The predicted octanol–water partition coefficient (Wildman–Crippen LogP) is 2.38. The number of ether oxygens (including phenoxy) is 1. The third-order valence-electron chi connectivity index (χ3n) is 5.09. The highest BCUT2D eigenvalue weighted by atomic mass is 16.5. The fourth-order valence-electron chi connectivity index (χ4n) is 3.89. The third kappa shape index (κ3) is 2.56. The maximum absolute atomic E-state index is 13.2. The zero-order valence-electron chi connectivity index (χ0n) is 14.0. The normalized spacial score (nSPS) is 24.2. The van der Waals surface area contributed by atoms with E-state index in [0.29, 0.717) is 12.8 Å². The zero-order valence-corrected chi connectivity index (χ0v) is 14.0. The van der Waals surface area contributed by atoms with E-state index in [1.165, 1.54) is 0 Å².